The van der Waals surface area contributed by atoms with Crippen molar-refractivity contribution in [3.8, 4) is 0 Å². The van der Waals surface area contributed by atoms with Crippen molar-refractivity contribution < 1.29 is 4.79 Å². The number of carbonyl (C=O) groups excluding carboxylic acids is 1. The SMILES string of the molecule is NCCCCCNC(=O)c1cccnc1. The maximum absolute atomic E-state index is 11.5. The van der Waals surface area contributed by atoms with Crippen LogP contribution in [0.25, 0.3) is 0 Å². The minimum atomic E-state index is -0.0594. The van der Waals surface area contributed by atoms with Gasteiger partial charge in [-0.1, -0.05) is 6.42 Å². The van der Waals surface area contributed by atoms with Crippen molar-refractivity contribution >= 4 is 5.91 Å². The summed E-state index contributed by atoms with van der Waals surface area (Å²) in [7, 11) is 0. The van der Waals surface area contributed by atoms with Gasteiger partial charge in [-0.2, -0.15) is 0 Å². The molecule has 0 atom stereocenters. The van der Waals surface area contributed by atoms with E-state index in [0.29, 0.717) is 12.1 Å². The summed E-state index contributed by atoms with van der Waals surface area (Å²) in [4.78, 5) is 15.4. The minimum absolute atomic E-state index is 0.0594. The Morgan fingerprint density at radius 3 is 2.93 bits per heavy atom. The van der Waals surface area contributed by atoms with Crippen LogP contribution in [0.2, 0.25) is 0 Å². The van der Waals surface area contributed by atoms with Crippen molar-refractivity contribution in [2.75, 3.05) is 13.1 Å². The molecule has 0 saturated heterocycles. The van der Waals surface area contributed by atoms with Crippen LogP contribution >= 0.6 is 0 Å². The first-order valence-corrected chi connectivity index (χ1v) is 5.23. The summed E-state index contributed by atoms with van der Waals surface area (Å²) in [6.07, 6.45) is 6.27. The number of nitrogens with two attached hydrogens (primary N) is 1. The predicted octanol–water partition coefficient (Wildman–Crippen LogP) is 0.940. The fraction of sp³-hybridized carbons (Fsp3) is 0.455. The van der Waals surface area contributed by atoms with Crippen molar-refractivity contribution in [3.63, 3.8) is 0 Å². The first-order valence-electron chi connectivity index (χ1n) is 5.23. The lowest BCUT2D eigenvalue weighted by atomic mass is 10.2. The molecule has 1 rings (SSSR count). The van der Waals surface area contributed by atoms with Crippen molar-refractivity contribution in [1.82, 2.24) is 10.3 Å². The van der Waals surface area contributed by atoms with Crippen LogP contribution in [-0.4, -0.2) is 24.0 Å². The number of amides is 1. The average Bonchev–Trinajstić information content (AvgIpc) is 2.30. The standard InChI is InChI=1S/C11H17N3O/c12-6-2-1-3-8-14-11(15)10-5-4-7-13-9-10/h4-5,7,9H,1-3,6,8,12H2,(H,14,15). The molecular formula is C11H17N3O. The molecule has 0 radical (unpaired) electrons. The smallest absolute Gasteiger partial charge is 0.252 e. The van der Waals surface area contributed by atoms with Crippen LogP contribution < -0.4 is 11.1 Å². The summed E-state index contributed by atoms with van der Waals surface area (Å²) in [5.74, 6) is -0.0594. The van der Waals surface area contributed by atoms with Crippen molar-refractivity contribution in [2.45, 2.75) is 19.3 Å². The second-order valence-electron chi connectivity index (χ2n) is 3.35. The third-order valence-corrected chi connectivity index (χ3v) is 2.09. The Morgan fingerprint density at radius 2 is 2.27 bits per heavy atom. The molecule has 1 amide bonds. The Kier molecular flexibility index (Phi) is 5.40. The van der Waals surface area contributed by atoms with Gasteiger partial charge in [0, 0.05) is 18.9 Å². The highest BCUT2D eigenvalue weighted by atomic mass is 16.1. The lowest BCUT2D eigenvalue weighted by molar-refractivity contribution is 0.0952. The molecule has 4 nitrogen and oxygen atoms in total. The highest BCUT2D eigenvalue weighted by Crippen LogP contribution is 1.96. The molecule has 3 N–H and O–H groups in total. The van der Waals surface area contributed by atoms with Crippen LogP contribution in [0.15, 0.2) is 24.5 Å². The number of nitrogens with zero attached hydrogens (tertiary/aromatic N) is 1. The molecule has 1 aromatic rings. The van der Waals surface area contributed by atoms with Crippen LogP contribution in [0.4, 0.5) is 0 Å². The van der Waals surface area contributed by atoms with E-state index in [1.165, 1.54) is 0 Å². The molecule has 0 aliphatic heterocycles. The molecule has 15 heavy (non-hydrogen) atoms. The molecule has 0 aliphatic carbocycles. The summed E-state index contributed by atoms with van der Waals surface area (Å²) in [6, 6.07) is 3.51. The summed E-state index contributed by atoms with van der Waals surface area (Å²) in [5, 5.41) is 2.84. The molecular weight excluding hydrogens is 190 g/mol. The number of hydrogen-bond acceptors (Lipinski definition) is 3. The fourth-order valence-corrected chi connectivity index (χ4v) is 1.25. The van der Waals surface area contributed by atoms with Gasteiger partial charge in [0.2, 0.25) is 0 Å². The van der Waals surface area contributed by atoms with Crippen molar-refractivity contribution in [1.29, 1.82) is 0 Å². The van der Waals surface area contributed by atoms with Gasteiger partial charge in [-0.25, -0.2) is 0 Å². The van der Waals surface area contributed by atoms with Gasteiger partial charge in [-0.05, 0) is 31.5 Å². The lowest BCUT2D eigenvalue weighted by Crippen LogP contribution is -2.24. The molecule has 0 aliphatic rings. The maximum Gasteiger partial charge on any atom is 0.252 e. The van der Waals surface area contributed by atoms with E-state index in [1.54, 1.807) is 24.5 Å². The van der Waals surface area contributed by atoms with Gasteiger partial charge in [0.1, 0.15) is 0 Å². The Balaban J connectivity index is 2.20. The predicted molar refractivity (Wildman–Crippen MR) is 59.5 cm³/mol. The molecule has 0 unspecified atom stereocenters. The van der Waals surface area contributed by atoms with E-state index in [-0.39, 0.29) is 5.91 Å². The molecule has 1 heterocycles. The molecule has 0 fully saturated rings. The topological polar surface area (TPSA) is 68.0 Å². The number of nitrogens with one attached hydrogen (secondary N) is 1. The zero-order valence-corrected chi connectivity index (χ0v) is 8.78. The highest BCUT2D eigenvalue weighted by molar-refractivity contribution is 5.93. The normalized spacial score (nSPS) is 9.93. The number of rotatable bonds is 6. The third-order valence-electron chi connectivity index (χ3n) is 2.09. The quantitative estimate of drug-likeness (QED) is 0.682. The van der Waals surface area contributed by atoms with Crippen molar-refractivity contribution in [3.05, 3.63) is 30.1 Å². The van der Waals surface area contributed by atoms with Gasteiger partial charge in [0.25, 0.3) is 5.91 Å². The van der Waals surface area contributed by atoms with Gasteiger partial charge < -0.3 is 11.1 Å². The van der Waals surface area contributed by atoms with Crippen molar-refractivity contribution in [2.24, 2.45) is 5.73 Å². The summed E-state index contributed by atoms with van der Waals surface area (Å²) in [5.41, 5.74) is 5.97. The second kappa shape index (κ2) is 6.95. The Bertz CT molecular complexity index is 287. The van der Waals surface area contributed by atoms with E-state index < -0.39 is 0 Å². The third kappa shape index (κ3) is 4.56. The summed E-state index contributed by atoms with van der Waals surface area (Å²) < 4.78 is 0. The minimum Gasteiger partial charge on any atom is -0.352 e. The maximum atomic E-state index is 11.5. The molecule has 0 aromatic carbocycles. The zero-order chi connectivity index (χ0) is 10.9. The Morgan fingerprint density at radius 1 is 1.40 bits per heavy atom. The van der Waals surface area contributed by atoms with Gasteiger partial charge in [0.15, 0.2) is 0 Å². The van der Waals surface area contributed by atoms with E-state index in [9.17, 15) is 4.79 Å². The molecule has 82 valence electrons. The fourth-order valence-electron chi connectivity index (χ4n) is 1.25. The van der Waals surface area contributed by atoms with E-state index in [4.69, 9.17) is 5.73 Å². The number of hydrogen-bond donors (Lipinski definition) is 2. The van der Waals surface area contributed by atoms with Crippen LogP contribution in [-0.2, 0) is 0 Å². The molecule has 1 aromatic heterocycles. The van der Waals surface area contributed by atoms with Gasteiger partial charge >= 0.3 is 0 Å². The first kappa shape index (κ1) is 11.7. The average molecular weight is 207 g/mol. The van der Waals surface area contributed by atoms with E-state index in [0.717, 1.165) is 25.8 Å². The van der Waals surface area contributed by atoms with Crippen LogP contribution in [0, 0.1) is 0 Å². The molecule has 0 spiro atoms. The first-order chi connectivity index (χ1) is 7.34. The summed E-state index contributed by atoms with van der Waals surface area (Å²) in [6.45, 7) is 1.42. The molecule has 0 bridgehead atoms. The highest BCUT2D eigenvalue weighted by Gasteiger charge is 2.02. The van der Waals surface area contributed by atoms with Crippen LogP contribution in [0.5, 0.6) is 0 Å². The van der Waals surface area contributed by atoms with Gasteiger partial charge in [-0.15, -0.1) is 0 Å². The second-order valence-corrected chi connectivity index (χ2v) is 3.35. The summed E-state index contributed by atoms with van der Waals surface area (Å²) >= 11 is 0. The van der Waals surface area contributed by atoms with Crippen LogP contribution in [0.1, 0.15) is 29.6 Å². The monoisotopic (exact) mass is 207 g/mol. The van der Waals surface area contributed by atoms with E-state index >= 15 is 0 Å². The number of unbranched alkanes of at least 4 members (excludes halogenated alkanes) is 2. The van der Waals surface area contributed by atoms with E-state index in [1.807, 2.05) is 0 Å². The Hall–Kier alpha value is -1.42. The number of pyridine rings is 1. The molecule has 4 heteroatoms. The van der Waals surface area contributed by atoms with Crippen LogP contribution in [0.3, 0.4) is 0 Å². The Labute approximate surface area is 89.9 Å². The van der Waals surface area contributed by atoms with Gasteiger partial charge in [-0.3, -0.25) is 9.78 Å². The van der Waals surface area contributed by atoms with E-state index in [2.05, 4.69) is 10.3 Å². The number of carbonyl (C=O) groups is 1. The number of aromatic nitrogens is 1. The van der Waals surface area contributed by atoms with Gasteiger partial charge in [0.05, 0.1) is 5.56 Å². The largest absolute Gasteiger partial charge is 0.352 e. The molecule has 0 saturated carbocycles. The zero-order valence-electron chi connectivity index (χ0n) is 8.78. The lowest BCUT2D eigenvalue weighted by Gasteiger charge is -2.03.